The normalized spacial score (nSPS) is 21.3. The summed E-state index contributed by atoms with van der Waals surface area (Å²) in [7, 11) is 1.64. The molecule has 1 saturated carbocycles. The van der Waals surface area contributed by atoms with Crippen LogP contribution in [-0.2, 0) is 17.9 Å². The van der Waals surface area contributed by atoms with Crippen LogP contribution in [0.4, 0.5) is 0 Å². The third-order valence-corrected chi connectivity index (χ3v) is 7.77. The second kappa shape index (κ2) is 9.76. The molecule has 0 spiro atoms. The van der Waals surface area contributed by atoms with E-state index in [4.69, 9.17) is 4.74 Å². The average Bonchev–Trinajstić information content (AvgIpc) is 3.22. The van der Waals surface area contributed by atoms with Crippen molar-refractivity contribution < 1.29 is 14.3 Å². The van der Waals surface area contributed by atoms with Crippen molar-refractivity contribution in [3.05, 3.63) is 65.9 Å². The topological polar surface area (TPSA) is 63.6 Å². The summed E-state index contributed by atoms with van der Waals surface area (Å²) >= 11 is 0. The lowest BCUT2D eigenvalue weighted by Gasteiger charge is -2.44. The second-order valence-corrected chi connectivity index (χ2v) is 10.2. The number of fused-ring (bicyclic) bond motifs is 3. The number of amides is 2. The van der Waals surface area contributed by atoms with Crippen LogP contribution in [0.15, 0.2) is 54.6 Å². The number of carbonyl (C=O) groups excluding carboxylic acids is 2. The molecule has 1 aromatic heterocycles. The summed E-state index contributed by atoms with van der Waals surface area (Å²) in [6.07, 6.45) is 8.03. The van der Waals surface area contributed by atoms with Crippen molar-refractivity contribution in [3.8, 4) is 5.75 Å². The predicted molar refractivity (Wildman–Crippen MR) is 137 cm³/mol. The molecule has 2 amide bonds. The van der Waals surface area contributed by atoms with Crippen molar-refractivity contribution in [1.82, 2.24) is 14.8 Å². The molecule has 0 radical (unpaired) electrons. The summed E-state index contributed by atoms with van der Waals surface area (Å²) in [6.45, 7) is 2.71. The number of nitrogens with zero attached hydrogens (tertiary/aromatic N) is 2. The zero-order valence-electron chi connectivity index (χ0n) is 20.8. The minimum Gasteiger partial charge on any atom is -0.497 e. The number of hydrogen-bond donors (Lipinski definition) is 1. The van der Waals surface area contributed by atoms with Crippen molar-refractivity contribution in [1.29, 1.82) is 0 Å². The molecule has 0 unspecified atom stereocenters. The quantitative estimate of drug-likeness (QED) is 0.547. The van der Waals surface area contributed by atoms with Crippen molar-refractivity contribution in [2.24, 2.45) is 0 Å². The number of rotatable bonds is 5. The van der Waals surface area contributed by atoms with Crippen LogP contribution >= 0.6 is 0 Å². The third-order valence-electron chi connectivity index (χ3n) is 7.77. The first kappa shape index (κ1) is 23.5. The number of nitrogens with one attached hydrogen (secondary N) is 1. The van der Waals surface area contributed by atoms with Gasteiger partial charge < -0.3 is 19.5 Å². The minimum atomic E-state index is -1.01. The summed E-state index contributed by atoms with van der Waals surface area (Å²) in [6, 6.07) is 17.8. The Bertz CT molecular complexity index is 1210. The fraction of sp³-hybridized carbons (Fsp3) is 0.448. The molecule has 2 aromatic carbocycles. The van der Waals surface area contributed by atoms with Gasteiger partial charge in [-0.2, -0.15) is 0 Å². The maximum absolute atomic E-state index is 14.0. The molecule has 1 N–H and O–H groups in total. The van der Waals surface area contributed by atoms with Gasteiger partial charge in [-0.15, -0.1) is 0 Å². The summed E-state index contributed by atoms with van der Waals surface area (Å²) in [4.78, 5) is 29.7. The zero-order valence-corrected chi connectivity index (χ0v) is 20.8. The molecule has 2 heterocycles. The lowest BCUT2D eigenvalue weighted by molar-refractivity contribution is -0.134. The molecule has 184 valence electrons. The van der Waals surface area contributed by atoms with Gasteiger partial charge in [0, 0.05) is 23.5 Å². The first-order valence-corrected chi connectivity index (χ1v) is 12.8. The predicted octanol–water partition coefficient (Wildman–Crippen LogP) is 5.29. The highest BCUT2D eigenvalue weighted by molar-refractivity contribution is 6.03. The molecule has 0 saturated heterocycles. The van der Waals surface area contributed by atoms with Gasteiger partial charge in [-0.1, -0.05) is 62.4 Å². The molecule has 6 nitrogen and oxygen atoms in total. The zero-order chi connectivity index (χ0) is 24.4. The monoisotopic (exact) mass is 473 g/mol. The van der Waals surface area contributed by atoms with Crippen molar-refractivity contribution in [2.45, 2.75) is 76.5 Å². The average molecular weight is 474 g/mol. The molecule has 1 fully saturated rings. The van der Waals surface area contributed by atoms with Gasteiger partial charge in [0.15, 0.2) is 0 Å². The molecule has 3 aromatic rings. The second-order valence-electron chi connectivity index (χ2n) is 10.2. The number of para-hydroxylation sites is 1. The maximum atomic E-state index is 14.0. The molecule has 5 rings (SSSR count). The van der Waals surface area contributed by atoms with Crippen LogP contribution in [-0.4, -0.2) is 40.0 Å². The van der Waals surface area contributed by atoms with Crippen LogP contribution in [0.5, 0.6) is 5.75 Å². The van der Waals surface area contributed by atoms with E-state index in [1.54, 1.807) is 12.0 Å². The Hall–Kier alpha value is -3.28. The number of methoxy groups -OCH3 is 1. The first-order valence-electron chi connectivity index (χ1n) is 12.8. The summed E-state index contributed by atoms with van der Waals surface area (Å²) in [5.41, 5.74) is 1.59. The Labute approximate surface area is 207 Å². The number of carbonyl (C=O) groups is 2. The standard InChI is InChI=1S/C29H35N3O3/c1-29(28(34)30-23-11-6-4-3-5-7-12-23)20-31-25-13-9-8-10-22(25)18-26(31)27(33)32(29)19-21-14-16-24(35-2)17-15-21/h8-10,13-18,23H,3-7,11-12,19-20H2,1-2H3,(H,30,34)/t29-/m1/s1. The van der Waals surface area contributed by atoms with Gasteiger partial charge in [0.25, 0.3) is 5.91 Å². The number of hydrogen-bond acceptors (Lipinski definition) is 3. The van der Waals surface area contributed by atoms with Crippen LogP contribution in [0, 0.1) is 0 Å². The third kappa shape index (κ3) is 4.54. The van der Waals surface area contributed by atoms with Gasteiger partial charge in [0.05, 0.1) is 13.7 Å². The van der Waals surface area contributed by atoms with Gasteiger partial charge in [-0.05, 0) is 49.6 Å². The highest BCUT2D eigenvalue weighted by Gasteiger charge is 2.48. The number of ether oxygens (including phenoxy) is 1. The highest BCUT2D eigenvalue weighted by atomic mass is 16.5. The summed E-state index contributed by atoms with van der Waals surface area (Å²) < 4.78 is 7.32. The van der Waals surface area contributed by atoms with E-state index in [1.165, 1.54) is 19.3 Å². The molecular weight excluding hydrogens is 438 g/mol. The van der Waals surface area contributed by atoms with Crippen LogP contribution in [0.3, 0.4) is 0 Å². The Morgan fingerprint density at radius 1 is 1.03 bits per heavy atom. The van der Waals surface area contributed by atoms with Crippen LogP contribution in [0.2, 0.25) is 0 Å². The first-order chi connectivity index (χ1) is 17.0. The maximum Gasteiger partial charge on any atom is 0.271 e. The molecule has 0 bridgehead atoms. The largest absolute Gasteiger partial charge is 0.497 e. The lowest BCUT2D eigenvalue weighted by Crippen LogP contribution is -2.64. The van der Waals surface area contributed by atoms with Gasteiger partial charge in [0.2, 0.25) is 5.91 Å². The van der Waals surface area contributed by atoms with Gasteiger partial charge in [-0.3, -0.25) is 9.59 Å². The molecular formula is C29H35N3O3. The molecule has 1 aliphatic carbocycles. The van der Waals surface area contributed by atoms with Crippen molar-refractivity contribution in [2.75, 3.05) is 7.11 Å². The van der Waals surface area contributed by atoms with E-state index in [1.807, 2.05) is 66.1 Å². The summed E-state index contributed by atoms with van der Waals surface area (Å²) in [5.74, 6) is 0.593. The fourth-order valence-electron chi connectivity index (χ4n) is 5.61. The van der Waals surface area contributed by atoms with E-state index in [0.717, 1.165) is 47.9 Å². The lowest BCUT2D eigenvalue weighted by atomic mass is 9.91. The molecule has 35 heavy (non-hydrogen) atoms. The van der Waals surface area contributed by atoms with E-state index in [-0.39, 0.29) is 17.9 Å². The summed E-state index contributed by atoms with van der Waals surface area (Å²) in [5, 5.41) is 4.37. The Morgan fingerprint density at radius 2 is 1.71 bits per heavy atom. The van der Waals surface area contributed by atoms with E-state index < -0.39 is 5.54 Å². The van der Waals surface area contributed by atoms with Gasteiger partial charge in [0.1, 0.15) is 17.0 Å². The smallest absolute Gasteiger partial charge is 0.271 e. The van der Waals surface area contributed by atoms with Crippen molar-refractivity contribution >= 4 is 22.7 Å². The van der Waals surface area contributed by atoms with E-state index in [2.05, 4.69) is 5.32 Å². The van der Waals surface area contributed by atoms with E-state index >= 15 is 0 Å². The Kier molecular flexibility index (Phi) is 6.54. The number of benzene rings is 2. The molecule has 1 atom stereocenters. The van der Waals surface area contributed by atoms with Gasteiger partial charge in [-0.25, -0.2) is 0 Å². The van der Waals surface area contributed by atoms with Crippen LogP contribution in [0.25, 0.3) is 10.9 Å². The number of aromatic nitrogens is 1. The van der Waals surface area contributed by atoms with Crippen molar-refractivity contribution in [3.63, 3.8) is 0 Å². The Morgan fingerprint density at radius 3 is 2.43 bits per heavy atom. The fourth-order valence-corrected chi connectivity index (χ4v) is 5.61. The van der Waals surface area contributed by atoms with Crippen LogP contribution < -0.4 is 10.1 Å². The minimum absolute atomic E-state index is 0.0617. The Balaban J connectivity index is 1.50. The SMILES string of the molecule is COc1ccc(CN2C(=O)c3cc4ccccc4n3C[C@]2(C)C(=O)NC2CCCCCCC2)cc1. The van der Waals surface area contributed by atoms with E-state index in [0.29, 0.717) is 18.8 Å². The molecule has 6 heteroatoms. The molecule has 1 aliphatic heterocycles. The van der Waals surface area contributed by atoms with E-state index in [9.17, 15) is 9.59 Å². The molecule has 2 aliphatic rings. The highest BCUT2D eigenvalue weighted by Crippen LogP contribution is 2.34. The van der Waals surface area contributed by atoms with Gasteiger partial charge >= 0.3 is 0 Å². The van der Waals surface area contributed by atoms with Crippen LogP contribution in [0.1, 0.15) is 67.9 Å².